The molecule has 0 aromatic heterocycles. The van der Waals surface area contributed by atoms with Crippen LogP contribution < -0.4 is 0 Å². The van der Waals surface area contributed by atoms with E-state index in [0.717, 1.165) is 18.9 Å². The van der Waals surface area contributed by atoms with Gasteiger partial charge in [0.1, 0.15) is 0 Å². The number of ketones is 3. The minimum absolute atomic E-state index is 0.198. The highest BCUT2D eigenvalue weighted by Gasteiger charge is 2.09. The van der Waals surface area contributed by atoms with Gasteiger partial charge >= 0.3 is 0 Å². The molecule has 3 nitrogen and oxygen atoms in total. The molecular weight excluding hydrogens is 240 g/mol. The lowest BCUT2D eigenvalue weighted by Crippen LogP contribution is -2.06. The van der Waals surface area contributed by atoms with Crippen LogP contribution in [0, 0.1) is 0 Å². The molecule has 0 aliphatic heterocycles. The van der Waals surface area contributed by atoms with Crippen LogP contribution in [-0.2, 0) is 16.0 Å². The molecular formula is C16H18O3. The summed E-state index contributed by atoms with van der Waals surface area (Å²) in [5.74, 6) is -0.774. The second-order valence-corrected chi connectivity index (χ2v) is 4.46. The second-order valence-electron chi connectivity index (χ2n) is 4.46. The summed E-state index contributed by atoms with van der Waals surface area (Å²) in [5, 5.41) is 0. The van der Waals surface area contributed by atoms with Crippen LogP contribution in [0.4, 0.5) is 0 Å². The topological polar surface area (TPSA) is 51.2 Å². The van der Waals surface area contributed by atoms with Crippen molar-refractivity contribution in [2.45, 2.75) is 33.1 Å². The first-order valence-corrected chi connectivity index (χ1v) is 6.36. The lowest BCUT2D eigenvalue weighted by atomic mass is 10.0. The zero-order valence-corrected chi connectivity index (χ0v) is 11.3. The Morgan fingerprint density at radius 1 is 1.05 bits per heavy atom. The quantitative estimate of drug-likeness (QED) is 0.429. The number of carbonyl (C=O) groups is 3. The molecule has 0 saturated carbocycles. The molecule has 0 bridgehead atoms. The number of Topliss-reactive ketones (excluding diaryl/α,β-unsaturated/α-hetero) is 1. The minimum Gasteiger partial charge on any atom is -0.295 e. The molecule has 0 atom stereocenters. The Kier molecular flexibility index (Phi) is 5.86. The lowest BCUT2D eigenvalue weighted by Gasteiger charge is -2.01. The molecule has 0 amide bonds. The van der Waals surface area contributed by atoms with Gasteiger partial charge in [-0.15, -0.1) is 0 Å². The number of hydrogen-bond acceptors (Lipinski definition) is 3. The van der Waals surface area contributed by atoms with Crippen LogP contribution in [0.2, 0.25) is 0 Å². The van der Waals surface area contributed by atoms with E-state index in [-0.39, 0.29) is 23.8 Å². The smallest absolute Gasteiger partial charge is 0.170 e. The van der Waals surface area contributed by atoms with E-state index >= 15 is 0 Å². The molecule has 3 heteroatoms. The average Bonchev–Trinajstić information content (AvgIpc) is 2.37. The van der Waals surface area contributed by atoms with E-state index in [9.17, 15) is 14.4 Å². The van der Waals surface area contributed by atoms with Crippen LogP contribution in [0.3, 0.4) is 0 Å². The van der Waals surface area contributed by atoms with Crippen LogP contribution in [0.1, 0.15) is 42.6 Å². The van der Waals surface area contributed by atoms with Gasteiger partial charge in [0, 0.05) is 5.56 Å². The molecule has 0 spiro atoms. The van der Waals surface area contributed by atoms with Crippen molar-refractivity contribution in [2.75, 3.05) is 0 Å². The van der Waals surface area contributed by atoms with E-state index in [1.165, 1.54) is 18.6 Å². The van der Waals surface area contributed by atoms with Gasteiger partial charge in [-0.2, -0.15) is 0 Å². The first-order chi connectivity index (χ1) is 9.02. The molecule has 19 heavy (non-hydrogen) atoms. The predicted molar refractivity (Wildman–Crippen MR) is 74.2 cm³/mol. The van der Waals surface area contributed by atoms with Gasteiger partial charge in [-0.25, -0.2) is 0 Å². The van der Waals surface area contributed by atoms with Gasteiger partial charge in [0.2, 0.25) is 0 Å². The van der Waals surface area contributed by atoms with Crippen LogP contribution >= 0.6 is 0 Å². The van der Waals surface area contributed by atoms with Crippen LogP contribution in [0.25, 0.3) is 0 Å². The van der Waals surface area contributed by atoms with Crippen molar-refractivity contribution in [3.63, 3.8) is 0 Å². The predicted octanol–water partition coefficient (Wildman–Crippen LogP) is 2.93. The molecule has 0 N–H and O–H groups in total. The van der Waals surface area contributed by atoms with Gasteiger partial charge in [-0.1, -0.05) is 37.6 Å². The number of allylic oxidation sites excluding steroid dienone is 2. The molecule has 0 heterocycles. The second kappa shape index (κ2) is 7.41. The summed E-state index contributed by atoms with van der Waals surface area (Å²) in [6.07, 6.45) is 4.18. The monoisotopic (exact) mass is 258 g/mol. The SMILES string of the molecule is CCCc1ccc(C(=O)CC(=O)/C=C\C(C)=O)cc1. The molecule has 0 aliphatic rings. The van der Waals surface area contributed by atoms with Gasteiger partial charge in [0.25, 0.3) is 0 Å². The fourth-order valence-electron chi connectivity index (χ4n) is 1.68. The fraction of sp³-hybridized carbons (Fsp3) is 0.312. The zero-order valence-electron chi connectivity index (χ0n) is 11.3. The van der Waals surface area contributed by atoms with Gasteiger partial charge in [0.15, 0.2) is 17.3 Å². The van der Waals surface area contributed by atoms with Crippen molar-refractivity contribution in [3.8, 4) is 0 Å². The Hall–Kier alpha value is -2.03. The Bertz CT molecular complexity index is 495. The minimum atomic E-state index is -0.349. The van der Waals surface area contributed by atoms with Crippen LogP contribution in [0.5, 0.6) is 0 Å². The van der Waals surface area contributed by atoms with Crippen molar-refractivity contribution in [1.82, 2.24) is 0 Å². The molecule has 1 aromatic carbocycles. The van der Waals surface area contributed by atoms with Gasteiger partial charge in [-0.3, -0.25) is 14.4 Å². The number of benzene rings is 1. The van der Waals surface area contributed by atoms with Gasteiger partial charge in [0.05, 0.1) is 6.42 Å². The maximum Gasteiger partial charge on any atom is 0.170 e. The van der Waals surface area contributed by atoms with E-state index in [2.05, 4.69) is 6.92 Å². The fourth-order valence-corrected chi connectivity index (χ4v) is 1.68. The summed E-state index contributed by atoms with van der Waals surface area (Å²) in [4.78, 5) is 33.9. The molecule has 0 radical (unpaired) electrons. The first kappa shape index (κ1) is 15.0. The standard InChI is InChI=1S/C16H18O3/c1-3-4-13-6-8-14(9-7-13)16(19)11-15(18)10-5-12(2)17/h5-10H,3-4,11H2,1-2H3/b10-5-. The molecule has 1 aromatic rings. The summed E-state index contributed by atoms with van der Waals surface area (Å²) < 4.78 is 0. The maximum absolute atomic E-state index is 11.8. The third kappa shape index (κ3) is 5.42. The maximum atomic E-state index is 11.8. The van der Waals surface area contributed by atoms with Crippen molar-refractivity contribution >= 4 is 17.3 Å². The molecule has 0 unspecified atom stereocenters. The van der Waals surface area contributed by atoms with Crippen LogP contribution in [-0.4, -0.2) is 17.3 Å². The van der Waals surface area contributed by atoms with Crippen molar-refractivity contribution in [1.29, 1.82) is 0 Å². The Morgan fingerprint density at radius 3 is 2.21 bits per heavy atom. The van der Waals surface area contributed by atoms with E-state index in [1.54, 1.807) is 12.1 Å². The Labute approximate surface area is 113 Å². The molecule has 1 rings (SSSR count). The average molecular weight is 258 g/mol. The number of carbonyl (C=O) groups excluding carboxylic acids is 3. The lowest BCUT2D eigenvalue weighted by molar-refractivity contribution is -0.115. The third-order valence-corrected chi connectivity index (χ3v) is 2.65. The number of aryl methyl sites for hydroxylation is 1. The Balaban J connectivity index is 2.62. The Morgan fingerprint density at radius 2 is 1.68 bits per heavy atom. The van der Waals surface area contributed by atoms with Crippen molar-refractivity contribution < 1.29 is 14.4 Å². The molecule has 0 fully saturated rings. The van der Waals surface area contributed by atoms with E-state index < -0.39 is 0 Å². The van der Waals surface area contributed by atoms with E-state index in [1.807, 2.05) is 12.1 Å². The summed E-state index contributed by atoms with van der Waals surface area (Å²) in [6.45, 7) is 3.46. The molecule has 0 aliphatic carbocycles. The first-order valence-electron chi connectivity index (χ1n) is 6.36. The largest absolute Gasteiger partial charge is 0.295 e. The third-order valence-electron chi connectivity index (χ3n) is 2.65. The summed E-state index contributed by atoms with van der Waals surface area (Å²) in [6, 6.07) is 7.31. The van der Waals surface area contributed by atoms with Crippen LogP contribution in [0.15, 0.2) is 36.4 Å². The number of rotatable bonds is 7. The normalized spacial score (nSPS) is 10.6. The summed E-state index contributed by atoms with van der Waals surface area (Å²) in [5.41, 5.74) is 1.71. The van der Waals surface area contributed by atoms with Crippen molar-refractivity contribution in [2.24, 2.45) is 0 Å². The highest BCUT2D eigenvalue weighted by molar-refractivity contribution is 6.12. The van der Waals surface area contributed by atoms with Gasteiger partial charge < -0.3 is 0 Å². The summed E-state index contributed by atoms with van der Waals surface area (Å²) >= 11 is 0. The number of hydrogen-bond donors (Lipinski definition) is 0. The molecule has 100 valence electrons. The summed E-state index contributed by atoms with van der Waals surface area (Å²) in [7, 11) is 0. The highest BCUT2D eigenvalue weighted by Crippen LogP contribution is 2.09. The van der Waals surface area contributed by atoms with Crippen molar-refractivity contribution in [3.05, 3.63) is 47.5 Å². The van der Waals surface area contributed by atoms with Gasteiger partial charge in [-0.05, 0) is 31.1 Å². The van der Waals surface area contributed by atoms with E-state index in [0.29, 0.717) is 5.56 Å². The highest BCUT2D eigenvalue weighted by atomic mass is 16.1. The zero-order chi connectivity index (χ0) is 14.3. The molecule has 0 saturated heterocycles. The van der Waals surface area contributed by atoms with E-state index in [4.69, 9.17) is 0 Å².